The molecular formula is C14H16FN3O2S. The van der Waals surface area contributed by atoms with Crippen LogP contribution in [0.4, 0.5) is 9.52 Å². The molecule has 0 aliphatic heterocycles. The number of aromatic nitrogens is 1. The summed E-state index contributed by atoms with van der Waals surface area (Å²) < 4.78 is 18.2. The summed E-state index contributed by atoms with van der Waals surface area (Å²) in [5.41, 5.74) is 0. The SMILES string of the molecule is CN(CCOc1ccc(F)cc1)CC(=O)Nc1nccs1. The van der Waals surface area contributed by atoms with E-state index in [0.29, 0.717) is 24.0 Å². The second kappa shape index (κ2) is 7.70. The van der Waals surface area contributed by atoms with Crippen LogP contribution in [0.3, 0.4) is 0 Å². The zero-order valence-electron chi connectivity index (χ0n) is 11.6. The van der Waals surface area contributed by atoms with E-state index in [1.54, 1.807) is 23.7 Å². The first-order valence-electron chi connectivity index (χ1n) is 6.40. The monoisotopic (exact) mass is 309 g/mol. The normalized spacial score (nSPS) is 10.6. The van der Waals surface area contributed by atoms with Crippen molar-refractivity contribution in [1.29, 1.82) is 0 Å². The molecule has 0 aliphatic rings. The molecule has 0 spiro atoms. The highest BCUT2D eigenvalue weighted by atomic mass is 32.1. The number of likely N-dealkylation sites (N-methyl/N-ethyl adjacent to an activating group) is 1. The number of anilines is 1. The number of amides is 1. The molecule has 7 heteroatoms. The van der Waals surface area contributed by atoms with Crippen LogP contribution >= 0.6 is 11.3 Å². The Hall–Kier alpha value is -1.99. The van der Waals surface area contributed by atoms with Crippen molar-refractivity contribution >= 4 is 22.4 Å². The van der Waals surface area contributed by atoms with Gasteiger partial charge in [-0.2, -0.15) is 0 Å². The molecule has 0 saturated heterocycles. The van der Waals surface area contributed by atoms with E-state index in [1.807, 2.05) is 11.9 Å². The lowest BCUT2D eigenvalue weighted by Crippen LogP contribution is -2.33. The third kappa shape index (κ3) is 5.49. The van der Waals surface area contributed by atoms with E-state index in [1.165, 1.54) is 23.5 Å². The van der Waals surface area contributed by atoms with Gasteiger partial charge >= 0.3 is 0 Å². The van der Waals surface area contributed by atoms with Crippen molar-refractivity contribution in [2.45, 2.75) is 0 Å². The smallest absolute Gasteiger partial charge is 0.240 e. The van der Waals surface area contributed by atoms with Gasteiger partial charge in [0, 0.05) is 18.1 Å². The van der Waals surface area contributed by atoms with E-state index in [2.05, 4.69) is 10.3 Å². The van der Waals surface area contributed by atoms with Gasteiger partial charge in [0.1, 0.15) is 18.2 Å². The zero-order valence-corrected chi connectivity index (χ0v) is 12.4. The molecule has 1 aromatic heterocycles. The summed E-state index contributed by atoms with van der Waals surface area (Å²) in [6.45, 7) is 1.27. The highest BCUT2D eigenvalue weighted by molar-refractivity contribution is 7.13. The number of carbonyl (C=O) groups is 1. The van der Waals surface area contributed by atoms with Crippen LogP contribution in [0.1, 0.15) is 0 Å². The third-order valence-electron chi connectivity index (χ3n) is 2.65. The number of hydrogen-bond donors (Lipinski definition) is 1. The van der Waals surface area contributed by atoms with Gasteiger partial charge in [-0.15, -0.1) is 11.3 Å². The van der Waals surface area contributed by atoms with Gasteiger partial charge in [0.25, 0.3) is 0 Å². The molecular weight excluding hydrogens is 293 g/mol. The minimum atomic E-state index is -0.293. The van der Waals surface area contributed by atoms with Gasteiger partial charge in [-0.05, 0) is 31.3 Å². The molecule has 0 atom stereocenters. The number of rotatable bonds is 7. The highest BCUT2D eigenvalue weighted by Gasteiger charge is 2.08. The second-order valence-corrected chi connectivity index (χ2v) is 5.32. The minimum absolute atomic E-state index is 0.116. The summed E-state index contributed by atoms with van der Waals surface area (Å²) in [6, 6.07) is 5.84. The first-order chi connectivity index (χ1) is 10.1. The highest BCUT2D eigenvalue weighted by Crippen LogP contribution is 2.11. The maximum absolute atomic E-state index is 12.7. The van der Waals surface area contributed by atoms with Crippen LogP contribution in [-0.4, -0.2) is 42.5 Å². The van der Waals surface area contributed by atoms with Crippen LogP contribution in [0.25, 0.3) is 0 Å². The molecule has 2 aromatic rings. The first-order valence-corrected chi connectivity index (χ1v) is 7.28. The minimum Gasteiger partial charge on any atom is -0.492 e. The van der Waals surface area contributed by atoms with Gasteiger partial charge < -0.3 is 10.1 Å². The van der Waals surface area contributed by atoms with E-state index in [0.717, 1.165) is 0 Å². The first kappa shape index (κ1) is 15.4. The summed E-state index contributed by atoms with van der Waals surface area (Å²) in [5.74, 6) is 0.199. The Kier molecular flexibility index (Phi) is 5.65. The Labute approximate surface area is 126 Å². The molecule has 0 saturated carbocycles. The summed E-state index contributed by atoms with van der Waals surface area (Å²) >= 11 is 1.38. The Morgan fingerprint density at radius 3 is 2.86 bits per heavy atom. The van der Waals surface area contributed by atoms with Gasteiger partial charge in [0.15, 0.2) is 5.13 Å². The molecule has 0 unspecified atom stereocenters. The summed E-state index contributed by atoms with van der Waals surface area (Å²) in [5, 5.41) is 5.11. The van der Waals surface area contributed by atoms with Crippen molar-refractivity contribution < 1.29 is 13.9 Å². The number of benzene rings is 1. The predicted octanol–water partition coefficient (Wildman–Crippen LogP) is 2.23. The molecule has 1 heterocycles. The molecule has 1 aromatic carbocycles. The van der Waals surface area contributed by atoms with Crippen molar-refractivity contribution in [2.75, 3.05) is 32.1 Å². The van der Waals surface area contributed by atoms with E-state index in [9.17, 15) is 9.18 Å². The number of halogens is 1. The van der Waals surface area contributed by atoms with E-state index >= 15 is 0 Å². The van der Waals surface area contributed by atoms with Crippen molar-refractivity contribution in [3.63, 3.8) is 0 Å². The van der Waals surface area contributed by atoms with Crippen LogP contribution in [-0.2, 0) is 4.79 Å². The van der Waals surface area contributed by atoms with Crippen LogP contribution < -0.4 is 10.1 Å². The maximum atomic E-state index is 12.7. The lowest BCUT2D eigenvalue weighted by atomic mass is 10.3. The quantitative estimate of drug-likeness (QED) is 0.852. The van der Waals surface area contributed by atoms with Gasteiger partial charge in [-0.25, -0.2) is 9.37 Å². The Morgan fingerprint density at radius 1 is 1.43 bits per heavy atom. The summed E-state index contributed by atoms with van der Waals surface area (Å²) in [6.07, 6.45) is 1.64. The van der Waals surface area contributed by atoms with Gasteiger partial charge in [-0.1, -0.05) is 0 Å². The number of ether oxygens (including phenoxy) is 1. The van der Waals surface area contributed by atoms with Crippen LogP contribution in [0.2, 0.25) is 0 Å². The maximum Gasteiger partial charge on any atom is 0.240 e. The molecule has 0 bridgehead atoms. The molecule has 21 heavy (non-hydrogen) atoms. The Balaban J connectivity index is 1.66. The number of thiazole rings is 1. The van der Waals surface area contributed by atoms with Crippen LogP contribution in [0, 0.1) is 5.82 Å². The number of nitrogens with one attached hydrogen (secondary N) is 1. The van der Waals surface area contributed by atoms with E-state index in [4.69, 9.17) is 4.74 Å². The van der Waals surface area contributed by atoms with Crippen molar-refractivity contribution in [1.82, 2.24) is 9.88 Å². The molecule has 0 aliphatic carbocycles. The van der Waals surface area contributed by atoms with Gasteiger partial charge in [-0.3, -0.25) is 9.69 Å². The fourth-order valence-electron chi connectivity index (χ4n) is 1.62. The lowest BCUT2D eigenvalue weighted by Gasteiger charge is -2.16. The van der Waals surface area contributed by atoms with Crippen molar-refractivity contribution in [3.05, 3.63) is 41.7 Å². The standard InChI is InChI=1S/C14H16FN3O2S/c1-18(10-13(19)17-14-16-6-9-21-14)7-8-20-12-4-2-11(15)3-5-12/h2-6,9H,7-8,10H2,1H3,(H,16,17,19). The molecule has 0 radical (unpaired) electrons. The number of nitrogens with zero attached hydrogens (tertiary/aromatic N) is 2. The van der Waals surface area contributed by atoms with Crippen LogP contribution in [0.5, 0.6) is 5.75 Å². The molecule has 0 fully saturated rings. The number of hydrogen-bond acceptors (Lipinski definition) is 5. The van der Waals surface area contributed by atoms with Crippen molar-refractivity contribution in [3.8, 4) is 5.75 Å². The Morgan fingerprint density at radius 2 is 2.19 bits per heavy atom. The molecule has 2 rings (SSSR count). The fraction of sp³-hybridized carbons (Fsp3) is 0.286. The molecule has 5 nitrogen and oxygen atoms in total. The molecule has 1 amide bonds. The van der Waals surface area contributed by atoms with E-state index < -0.39 is 0 Å². The van der Waals surface area contributed by atoms with Gasteiger partial charge in [0.05, 0.1) is 6.54 Å². The average Bonchev–Trinajstić information content (AvgIpc) is 2.93. The van der Waals surface area contributed by atoms with Crippen LogP contribution in [0.15, 0.2) is 35.8 Å². The average molecular weight is 309 g/mol. The third-order valence-corrected chi connectivity index (χ3v) is 3.34. The fourth-order valence-corrected chi connectivity index (χ4v) is 2.16. The molecule has 112 valence electrons. The zero-order chi connectivity index (χ0) is 15.1. The van der Waals surface area contributed by atoms with Gasteiger partial charge in [0.2, 0.25) is 5.91 Å². The van der Waals surface area contributed by atoms with E-state index in [-0.39, 0.29) is 18.3 Å². The summed E-state index contributed by atoms with van der Waals surface area (Å²) in [4.78, 5) is 17.5. The molecule has 1 N–H and O–H groups in total. The summed E-state index contributed by atoms with van der Waals surface area (Å²) in [7, 11) is 1.83. The Bertz CT molecular complexity index is 560. The lowest BCUT2D eigenvalue weighted by molar-refractivity contribution is -0.117. The number of carbonyl (C=O) groups excluding carboxylic acids is 1. The largest absolute Gasteiger partial charge is 0.492 e. The second-order valence-electron chi connectivity index (χ2n) is 4.43. The van der Waals surface area contributed by atoms with Crippen molar-refractivity contribution in [2.24, 2.45) is 0 Å². The topological polar surface area (TPSA) is 54.5 Å². The predicted molar refractivity (Wildman–Crippen MR) is 80.1 cm³/mol.